The number of carboxylic acid groups (broad SMARTS) is 1. The summed E-state index contributed by atoms with van der Waals surface area (Å²) < 4.78 is 0. The fourth-order valence-electron chi connectivity index (χ4n) is 4.76. The third-order valence-corrected chi connectivity index (χ3v) is 10.2. The number of halogens is 3. The summed E-state index contributed by atoms with van der Waals surface area (Å²) in [6, 6.07) is 8.80. The minimum Gasteiger partial charge on any atom is -0.508 e. The second-order valence-electron chi connectivity index (χ2n) is 9.44. The van der Waals surface area contributed by atoms with Gasteiger partial charge in [0.2, 0.25) is 11.8 Å². The summed E-state index contributed by atoms with van der Waals surface area (Å²) >= 11 is 20.6. The van der Waals surface area contributed by atoms with Gasteiger partial charge in [0.1, 0.15) is 22.9 Å². The molecule has 3 aliphatic rings. The lowest BCUT2D eigenvalue weighted by atomic mass is 10.0. The number of carbonyl (C=O) groups excluding carboxylic acids is 3. The summed E-state index contributed by atoms with van der Waals surface area (Å²) in [5, 5.41) is 22.7. The van der Waals surface area contributed by atoms with Gasteiger partial charge in [-0.3, -0.25) is 19.3 Å². The first-order valence-electron chi connectivity index (χ1n) is 12.3. The van der Waals surface area contributed by atoms with Crippen molar-refractivity contribution in [3.63, 3.8) is 0 Å². The molecular weight excluding hydrogens is 633 g/mol. The Kier molecular flexibility index (Phi) is 8.81. The van der Waals surface area contributed by atoms with E-state index >= 15 is 0 Å². The minimum atomic E-state index is -1.29. The zero-order valence-electron chi connectivity index (χ0n) is 21.1. The van der Waals surface area contributed by atoms with Crippen molar-refractivity contribution in [3.8, 4) is 5.75 Å². The summed E-state index contributed by atoms with van der Waals surface area (Å²) in [6.45, 7) is 0.766. The van der Waals surface area contributed by atoms with Gasteiger partial charge in [-0.1, -0.05) is 46.9 Å². The molecule has 0 unspecified atom stereocenters. The molecule has 0 radical (unpaired) electrons. The predicted molar refractivity (Wildman–Crippen MR) is 158 cm³/mol. The lowest BCUT2D eigenvalue weighted by Gasteiger charge is -2.49. The van der Waals surface area contributed by atoms with Crippen LogP contribution in [0.15, 0.2) is 64.2 Å². The number of phenols is 1. The number of allylic oxidation sites excluding steroid dienone is 1. The number of phenolic OH excluding ortho intramolecular Hbond substituents is 1. The summed E-state index contributed by atoms with van der Waals surface area (Å²) in [5.41, 5.74) is 1.41. The van der Waals surface area contributed by atoms with Crippen molar-refractivity contribution < 1.29 is 29.4 Å². The summed E-state index contributed by atoms with van der Waals surface area (Å²) in [6.07, 6.45) is 1.99. The highest BCUT2D eigenvalue weighted by Crippen LogP contribution is 2.41. The van der Waals surface area contributed by atoms with Crippen molar-refractivity contribution in [1.29, 1.82) is 0 Å². The number of β-lactam (4-membered cyclic amide) rings is 1. The number of rotatable bonds is 8. The number of amides is 3. The van der Waals surface area contributed by atoms with Crippen LogP contribution in [0.5, 0.6) is 5.75 Å². The Hall–Kier alpha value is -2.83. The average molecular weight is 655 g/mol. The maximum absolute atomic E-state index is 13.0. The smallest absolute Gasteiger partial charge is 0.352 e. The molecular formula is C27H22Cl3N3O6S2. The van der Waals surface area contributed by atoms with Crippen LogP contribution in [0.4, 0.5) is 0 Å². The van der Waals surface area contributed by atoms with E-state index in [1.165, 1.54) is 22.7 Å². The first-order chi connectivity index (χ1) is 19.5. The van der Waals surface area contributed by atoms with E-state index in [1.54, 1.807) is 35.2 Å². The molecule has 9 nitrogen and oxygen atoms in total. The van der Waals surface area contributed by atoms with E-state index in [1.807, 2.05) is 6.07 Å². The molecule has 41 heavy (non-hydrogen) atoms. The Morgan fingerprint density at radius 1 is 1.12 bits per heavy atom. The van der Waals surface area contributed by atoms with Gasteiger partial charge in [0.25, 0.3) is 5.91 Å². The van der Waals surface area contributed by atoms with Crippen molar-refractivity contribution in [2.75, 3.05) is 18.1 Å². The Labute approximate surface area is 258 Å². The molecule has 0 saturated carbocycles. The van der Waals surface area contributed by atoms with Crippen LogP contribution >= 0.6 is 58.3 Å². The van der Waals surface area contributed by atoms with Crippen molar-refractivity contribution in [2.45, 2.75) is 29.3 Å². The highest BCUT2D eigenvalue weighted by Gasteiger charge is 2.54. The highest BCUT2D eigenvalue weighted by molar-refractivity contribution is 8.00. The van der Waals surface area contributed by atoms with Crippen LogP contribution in [0, 0.1) is 0 Å². The quantitative estimate of drug-likeness (QED) is 0.164. The summed E-state index contributed by atoms with van der Waals surface area (Å²) in [5.74, 6) is -2.15. The number of carboxylic acids is 1. The number of benzene rings is 2. The highest BCUT2D eigenvalue weighted by atomic mass is 35.5. The van der Waals surface area contributed by atoms with Crippen molar-refractivity contribution >= 4 is 82.0 Å². The number of hydrogen-bond donors (Lipinski definition) is 3. The van der Waals surface area contributed by atoms with Crippen LogP contribution in [0.1, 0.15) is 12.0 Å². The molecule has 0 spiro atoms. The zero-order valence-corrected chi connectivity index (χ0v) is 25.0. The van der Waals surface area contributed by atoms with Crippen LogP contribution in [-0.4, -0.2) is 73.2 Å². The number of aromatic hydroxyl groups is 1. The number of hydrogen-bond acceptors (Lipinski definition) is 7. The topological polar surface area (TPSA) is 127 Å². The Bertz CT molecular complexity index is 1530. The molecule has 0 bridgehead atoms. The normalized spacial score (nSPS) is 21.3. The molecule has 2 aromatic carbocycles. The molecule has 5 rings (SSSR count). The van der Waals surface area contributed by atoms with Gasteiger partial charge in [-0.05, 0) is 47.9 Å². The lowest BCUT2D eigenvalue weighted by Crippen LogP contribution is -2.70. The second-order valence-corrected chi connectivity index (χ2v) is 12.8. The van der Waals surface area contributed by atoms with Crippen molar-refractivity contribution in [3.05, 3.63) is 79.9 Å². The Morgan fingerprint density at radius 3 is 2.61 bits per heavy atom. The van der Waals surface area contributed by atoms with E-state index < -0.39 is 29.2 Å². The monoisotopic (exact) mass is 653 g/mol. The van der Waals surface area contributed by atoms with Gasteiger partial charge in [-0.2, -0.15) is 0 Å². The standard InChI is InChI=1S/C27H22Cl3N3O6S2/c28-17-8-19(30)20(9-18(17)29)40-12-21(35)31-22-25(37)33-23(27(38)39)15(11-41-26(22)33)7-14-4-5-32(24(14)36)10-13-2-1-3-16(34)6-13/h1-3,6-9,22,26,34H,4-5,10-12H2,(H,31,35)(H,38,39)/b14-7+/t22-,26-/m1/s1. The molecule has 0 aliphatic carbocycles. The molecule has 3 heterocycles. The van der Waals surface area contributed by atoms with Crippen molar-refractivity contribution in [1.82, 2.24) is 15.1 Å². The molecule has 2 saturated heterocycles. The maximum atomic E-state index is 13.0. The van der Waals surface area contributed by atoms with E-state index in [0.29, 0.717) is 50.6 Å². The molecule has 2 aromatic rings. The number of aliphatic carboxylic acids is 1. The number of nitrogens with one attached hydrogen (secondary N) is 1. The van der Waals surface area contributed by atoms with E-state index in [2.05, 4.69) is 5.32 Å². The molecule has 14 heteroatoms. The van der Waals surface area contributed by atoms with Crippen LogP contribution < -0.4 is 5.32 Å². The van der Waals surface area contributed by atoms with Crippen molar-refractivity contribution in [2.24, 2.45) is 0 Å². The SMILES string of the molecule is O=C(CSc1cc(Cl)c(Cl)cc1Cl)N[C@@H]1C(=O)N2C(C(=O)O)=C(/C=C3\CCN(Cc4cccc(O)c4)C3=O)CS[C@H]12. The van der Waals surface area contributed by atoms with Gasteiger partial charge < -0.3 is 20.4 Å². The first kappa shape index (κ1) is 29.7. The third kappa shape index (κ3) is 6.19. The molecule has 3 aliphatic heterocycles. The summed E-state index contributed by atoms with van der Waals surface area (Å²) in [4.78, 5) is 54.2. The number of nitrogens with zero attached hydrogens (tertiary/aromatic N) is 2. The lowest BCUT2D eigenvalue weighted by molar-refractivity contribution is -0.150. The number of thioether (sulfide) groups is 2. The summed E-state index contributed by atoms with van der Waals surface area (Å²) in [7, 11) is 0. The van der Waals surface area contributed by atoms with Gasteiger partial charge in [0.05, 0.1) is 20.8 Å². The maximum Gasteiger partial charge on any atom is 0.352 e. The van der Waals surface area contributed by atoms with E-state index in [-0.39, 0.29) is 28.9 Å². The van der Waals surface area contributed by atoms with E-state index in [0.717, 1.165) is 17.3 Å². The number of fused-ring (bicyclic) bond motifs is 1. The van der Waals surface area contributed by atoms with E-state index in [4.69, 9.17) is 34.8 Å². The molecule has 0 aromatic heterocycles. The molecule has 3 N–H and O–H groups in total. The first-order valence-corrected chi connectivity index (χ1v) is 15.5. The van der Waals surface area contributed by atoms with Gasteiger partial charge in [0, 0.05) is 29.3 Å². The fraction of sp³-hybridized carbons (Fsp3) is 0.259. The number of carbonyl (C=O) groups is 4. The molecule has 3 amide bonds. The second kappa shape index (κ2) is 12.2. The van der Waals surface area contributed by atoms with E-state index in [9.17, 15) is 29.4 Å². The van der Waals surface area contributed by atoms with Gasteiger partial charge in [-0.25, -0.2) is 4.79 Å². The molecule has 2 atom stereocenters. The third-order valence-electron chi connectivity index (χ3n) is 6.70. The van der Waals surface area contributed by atoms with Gasteiger partial charge >= 0.3 is 5.97 Å². The Morgan fingerprint density at radius 2 is 1.88 bits per heavy atom. The van der Waals surface area contributed by atoms with Crippen LogP contribution in [-0.2, 0) is 25.7 Å². The van der Waals surface area contributed by atoms with Crippen LogP contribution in [0.25, 0.3) is 0 Å². The molecule has 2 fully saturated rings. The Balaban J connectivity index is 1.25. The van der Waals surface area contributed by atoms with Gasteiger partial charge in [-0.15, -0.1) is 23.5 Å². The van der Waals surface area contributed by atoms with Crippen LogP contribution in [0.2, 0.25) is 15.1 Å². The minimum absolute atomic E-state index is 0.0426. The van der Waals surface area contributed by atoms with Crippen LogP contribution in [0.3, 0.4) is 0 Å². The number of likely N-dealkylation sites (tertiary alicyclic amines) is 1. The average Bonchev–Trinajstić information content (AvgIpc) is 3.26. The fourth-order valence-corrected chi connectivity index (χ4v) is 7.61. The predicted octanol–water partition coefficient (Wildman–Crippen LogP) is 4.54. The largest absolute Gasteiger partial charge is 0.508 e. The molecule has 214 valence electrons. The van der Waals surface area contributed by atoms with Gasteiger partial charge in [0.15, 0.2) is 0 Å². The zero-order chi connectivity index (χ0) is 29.4.